The van der Waals surface area contributed by atoms with E-state index >= 15 is 0 Å². The molecule has 7 heteroatoms. The second kappa shape index (κ2) is 11.1. The van der Waals surface area contributed by atoms with E-state index in [1.165, 1.54) is 0 Å². The average molecular weight is 348 g/mol. The van der Waals surface area contributed by atoms with Crippen molar-refractivity contribution in [2.24, 2.45) is 0 Å². The minimum Gasteiger partial charge on any atom is -0.466 e. The van der Waals surface area contributed by atoms with Crippen LogP contribution in [0.5, 0.6) is 0 Å². The fourth-order valence-electron chi connectivity index (χ4n) is 2.85. The van der Waals surface area contributed by atoms with Crippen LogP contribution in [0.25, 0.3) is 0 Å². The Morgan fingerprint density at radius 2 is 2.09 bits per heavy atom. The van der Waals surface area contributed by atoms with Gasteiger partial charge in [-0.2, -0.15) is 0 Å². The summed E-state index contributed by atoms with van der Waals surface area (Å²) in [4.78, 5) is 11.4. The predicted molar refractivity (Wildman–Crippen MR) is 89.8 cm³/mol. The van der Waals surface area contributed by atoms with Crippen LogP contribution in [-0.2, 0) is 18.8 Å². The number of esters is 1. The summed E-state index contributed by atoms with van der Waals surface area (Å²) in [7, 11) is 2.22. The molecule has 0 saturated carbocycles. The molecule has 1 rings (SSSR count). The molecule has 0 aromatic heterocycles. The second-order valence-corrected chi connectivity index (χ2v) is 6.22. The number of aliphatic hydroxyl groups is 2. The average Bonchev–Trinajstić information content (AvgIpc) is 2.46. The van der Waals surface area contributed by atoms with Gasteiger partial charge in [0.25, 0.3) is 0 Å². The van der Waals surface area contributed by atoms with Crippen molar-refractivity contribution in [3.05, 3.63) is 12.2 Å². The zero-order valence-electron chi connectivity index (χ0n) is 13.8. The van der Waals surface area contributed by atoms with E-state index in [0.29, 0.717) is 32.3 Å². The van der Waals surface area contributed by atoms with Crippen LogP contribution in [0.1, 0.15) is 45.4 Å². The van der Waals surface area contributed by atoms with E-state index < -0.39 is 12.1 Å². The Bertz CT molecular complexity index is 376. The lowest BCUT2D eigenvalue weighted by atomic mass is 9.92. The van der Waals surface area contributed by atoms with Gasteiger partial charge in [-0.05, 0) is 26.2 Å². The summed E-state index contributed by atoms with van der Waals surface area (Å²) in [6, 6.07) is 0. The Balaban J connectivity index is 2.46. The van der Waals surface area contributed by atoms with Gasteiger partial charge in [0.1, 0.15) is 0 Å². The first kappa shape index (κ1) is 20.5. The first-order valence-electron chi connectivity index (χ1n) is 8.10. The maximum atomic E-state index is 11.4. The van der Waals surface area contributed by atoms with E-state index in [1.807, 2.05) is 0 Å². The molecule has 5 atom stereocenters. The molecule has 2 N–H and O–H groups in total. The topological polar surface area (TPSA) is 85.2 Å². The molecular weight excluding hydrogens is 319 g/mol. The first-order valence-corrected chi connectivity index (χ1v) is 8.57. The van der Waals surface area contributed by atoms with Gasteiger partial charge < -0.3 is 24.2 Å². The largest absolute Gasteiger partial charge is 0.466 e. The summed E-state index contributed by atoms with van der Waals surface area (Å²) in [6.07, 6.45) is 1.91. The van der Waals surface area contributed by atoms with Crippen LogP contribution in [-0.4, -0.2) is 53.8 Å². The molecule has 1 heterocycles. The number of ether oxygens (including phenoxy) is 2. The van der Waals surface area contributed by atoms with Crippen LogP contribution in [0.2, 0.25) is 0 Å². The predicted octanol–water partition coefficient (Wildman–Crippen LogP) is 1.74. The number of carbonyl (C=O) groups is 1. The van der Waals surface area contributed by atoms with Crippen molar-refractivity contribution in [1.82, 2.24) is 0 Å². The lowest BCUT2D eigenvalue weighted by Gasteiger charge is -2.34. The summed E-state index contributed by atoms with van der Waals surface area (Å²) in [6.45, 7) is 6.15. The molecule has 0 aromatic rings. The highest BCUT2D eigenvalue weighted by atomic mass is 31.0. The van der Waals surface area contributed by atoms with Crippen LogP contribution in [0.4, 0.5) is 0 Å². The maximum absolute atomic E-state index is 11.4. The zero-order valence-corrected chi connectivity index (χ0v) is 14.9. The van der Waals surface area contributed by atoms with Gasteiger partial charge in [-0.3, -0.25) is 4.79 Å². The van der Waals surface area contributed by atoms with Crippen molar-refractivity contribution >= 4 is 15.4 Å². The van der Waals surface area contributed by atoms with Crippen molar-refractivity contribution in [2.75, 3.05) is 13.2 Å². The SMILES string of the molecule is C=C1C[C@H](C[C@@H](O)CC(=O)OCC)O[C@H](C[C@H](CCO)OP)C1. The van der Waals surface area contributed by atoms with Crippen molar-refractivity contribution in [1.29, 1.82) is 0 Å². The molecule has 6 nitrogen and oxygen atoms in total. The molecule has 1 fully saturated rings. The highest BCUT2D eigenvalue weighted by molar-refractivity contribution is 7.09. The molecule has 0 aromatic carbocycles. The van der Waals surface area contributed by atoms with Crippen LogP contribution in [0.15, 0.2) is 12.2 Å². The summed E-state index contributed by atoms with van der Waals surface area (Å²) in [5.41, 5.74) is 1.07. The van der Waals surface area contributed by atoms with Crippen LogP contribution in [0.3, 0.4) is 0 Å². The summed E-state index contributed by atoms with van der Waals surface area (Å²) < 4.78 is 16.1. The normalized spacial score (nSPS) is 24.3. The Morgan fingerprint density at radius 3 is 2.65 bits per heavy atom. The number of hydrogen-bond acceptors (Lipinski definition) is 6. The molecule has 0 aliphatic carbocycles. The lowest BCUT2D eigenvalue weighted by Crippen LogP contribution is -2.34. The molecule has 0 radical (unpaired) electrons. The van der Waals surface area contributed by atoms with Crippen LogP contribution >= 0.6 is 9.47 Å². The smallest absolute Gasteiger partial charge is 0.308 e. The molecule has 0 bridgehead atoms. The molecule has 134 valence electrons. The van der Waals surface area contributed by atoms with Crippen LogP contribution < -0.4 is 0 Å². The second-order valence-electron chi connectivity index (χ2n) is 5.94. The molecule has 0 spiro atoms. The molecule has 1 unspecified atom stereocenters. The van der Waals surface area contributed by atoms with Crippen molar-refractivity contribution in [3.8, 4) is 0 Å². The molecular formula is C16H29O6P. The fraction of sp³-hybridized carbons (Fsp3) is 0.812. The monoisotopic (exact) mass is 348 g/mol. The molecule has 1 aliphatic heterocycles. The van der Waals surface area contributed by atoms with E-state index in [-0.39, 0.29) is 31.3 Å². The molecule has 0 amide bonds. The summed E-state index contributed by atoms with van der Waals surface area (Å²) >= 11 is 0. The van der Waals surface area contributed by atoms with E-state index in [9.17, 15) is 9.90 Å². The Hall–Kier alpha value is -0.520. The minimum absolute atomic E-state index is 0.0211. The third-order valence-electron chi connectivity index (χ3n) is 3.83. The van der Waals surface area contributed by atoms with Gasteiger partial charge in [0.05, 0.1) is 37.4 Å². The molecule has 1 aliphatic rings. The summed E-state index contributed by atoms with van der Waals surface area (Å²) in [5.74, 6) is -0.398. The van der Waals surface area contributed by atoms with E-state index in [4.69, 9.17) is 19.1 Å². The van der Waals surface area contributed by atoms with E-state index in [1.54, 1.807) is 6.92 Å². The van der Waals surface area contributed by atoms with Crippen molar-refractivity contribution in [3.63, 3.8) is 0 Å². The van der Waals surface area contributed by atoms with Gasteiger partial charge in [0.15, 0.2) is 0 Å². The zero-order chi connectivity index (χ0) is 17.2. The lowest BCUT2D eigenvalue weighted by molar-refractivity contribution is -0.146. The Labute approximate surface area is 140 Å². The third-order valence-corrected chi connectivity index (χ3v) is 4.21. The third kappa shape index (κ3) is 8.23. The Kier molecular flexibility index (Phi) is 9.91. The van der Waals surface area contributed by atoms with Crippen molar-refractivity contribution in [2.45, 2.75) is 69.9 Å². The number of carbonyl (C=O) groups excluding carboxylic acids is 1. The molecule has 23 heavy (non-hydrogen) atoms. The van der Waals surface area contributed by atoms with Gasteiger partial charge in [-0.1, -0.05) is 12.2 Å². The first-order chi connectivity index (χ1) is 11.0. The minimum atomic E-state index is -0.781. The van der Waals surface area contributed by atoms with Gasteiger partial charge >= 0.3 is 5.97 Å². The van der Waals surface area contributed by atoms with Crippen molar-refractivity contribution < 1.29 is 29.0 Å². The van der Waals surface area contributed by atoms with Gasteiger partial charge in [0, 0.05) is 28.9 Å². The summed E-state index contributed by atoms with van der Waals surface area (Å²) in [5, 5.41) is 19.0. The maximum Gasteiger partial charge on any atom is 0.308 e. The van der Waals surface area contributed by atoms with E-state index in [0.717, 1.165) is 12.0 Å². The standard InChI is InChI=1S/C16H29O6P/c1-3-20-16(19)9-12(18)8-14-6-11(2)7-15(21-14)10-13(22-23)4-5-17/h12-15,17-18H,2-10,23H2,1H3/t12-,13+,14-,15+/m1/s1. The van der Waals surface area contributed by atoms with Crippen LogP contribution in [0, 0.1) is 0 Å². The van der Waals surface area contributed by atoms with Gasteiger partial charge in [-0.15, -0.1) is 0 Å². The quantitative estimate of drug-likeness (QED) is 0.355. The number of rotatable bonds is 10. The van der Waals surface area contributed by atoms with Gasteiger partial charge in [-0.25, -0.2) is 0 Å². The Morgan fingerprint density at radius 1 is 1.43 bits per heavy atom. The van der Waals surface area contributed by atoms with Gasteiger partial charge in [0.2, 0.25) is 0 Å². The number of hydrogen-bond donors (Lipinski definition) is 2. The molecule has 1 saturated heterocycles. The fourth-order valence-corrected chi connectivity index (χ4v) is 3.10. The highest BCUT2D eigenvalue weighted by Crippen LogP contribution is 2.29. The highest BCUT2D eigenvalue weighted by Gasteiger charge is 2.29. The van der Waals surface area contributed by atoms with E-state index in [2.05, 4.69) is 16.0 Å². The number of aliphatic hydroxyl groups excluding tert-OH is 2.